The second-order valence-corrected chi connectivity index (χ2v) is 5.20. The summed E-state index contributed by atoms with van der Waals surface area (Å²) < 4.78 is 5.29. The number of phenols is 1. The molecule has 0 heterocycles. The summed E-state index contributed by atoms with van der Waals surface area (Å²) in [5, 5.41) is 9.89. The van der Waals surface area contributed by atoms with Crippen molar-refractivity contribution in [2.45, 2.75) is 34.1 Å². The zero-order valence-corrected chi connectivity index (χ0v) is 10.2. The summed E-state index contributed by atoms with van der Waals surface area (Å²) >= 11 is 0. The van der Waals surface area contributed by atoms with Gasteiger partial charge in [0.2, 0.25) is 0 Å². The molecule has 1 rings (SSSR count). The molecule has 0 fully saturated rings. The minimum absolute atomic E-state index is 0.139. The van der Waals surface area contributed by atoms with Crippen LogP contribution in [0.25, 0.3) is 0 Å². The fourth-order valence-corrected chi connectivity index (χ4v) is 1.65. The van der Waals surface area contributed by atoms with E-state index in [1.807, 2.05) is 13.0 Å². The Bertz CT molecular complexity index is 348. The Kier molecular flexibility index (Phi) is 3.28. The van der Waals surface area contributed by atoms with E-state index in [9.17, 15) is 5.11 Å². The van der Waals surface area contributed by atoms with Crippen molar-refractivity contribution in [3.8, 4) is 11.5 Å². The molecule has 1 aromatic rings. The molecule has 0 bridgehead atoms. The number of rotatable bonds is 2. The van der Waals surface area contributed by atoms with Crippen molar-refractivity contribution < 1.29 is 9.84 Å². The first-order valence-corrected chi connectivity index (χ1v) is 5.20. The maximum atomic E-state index is 9.89. The van der Waals surface area contributed by atoms with Crippen molar-refractivity contribution in [2.75, 3.05) is 7.11 Å². The first-order chi connectivity index (χ1) is 6.83. The monoisotopic (exact) mass is 208 g/mol. The highest BCUT2D eigenvalue weighted by Crippen LogP contribution is 2.34. The molecule has 0 radical (unpaired) electrons. The van der Waals surface area contributed by atoms with Crippen LogP contribution in [0.2, 0.25) is 0 Å². The molecule has 1 N–H and O–H groups in total. The van der Waals surface area contributed by atoms with E-state index in [1.54, 1.807) is 13.2 Å². The number of aryl methyl sites for hydroxylation is 1. The van der Waals surface area contributed by atoms with E-state index < -0.39 is 0 Å². The Labute approximate surface area is 91.9 Å². The Morgan fingerprint density at radius 2 is 1.87 bits per heavy atom. The lowest BCUT2D eigenvalue weighted by molar-refractivity contribution is 0.364. The third kappa shape index (κ3) is 3.15. The van der Waals surface area contributed by atoms with Crippen molar-refractivity contribution in [3.63, 3.8) is 0 Å². The van der Waals surface area contributed by atoms with Gasteiger partial charge in [-0.15, -0.1) is 0 Å². The van der Waals surface area contributed by atoms with Gasteiger partial charge in [0.05, 0.1) is 7.11 Å². The van der Waals surface area contributed by atoms with Crippen molar-refractivity contribution in [1.82, 2.24) is 0 Å². The first-order valence-electron chi connectivity index (χ1n) is 5.20. The second-order valence-electron chi connectivity index (χ2n) is 5.20. The second kappa shape index (κ2) is 4.13. The number of benzene rings is 1. The SMILES string of the molecule is COc1cc(C)cc(O)c1CC(C)(C)C. The highest BCUT2D eigenvalue weighted by Gasteiger charge is 2.18. The maximum Gasteiger partial charge on any atom is 0.126 e. The van der Waals surface area contributed by atoms with Crippen LogP contribution in [-0.2, 0) is 6.42 Å². The lowest BCUT2D eigenvalue weighted by Crippen LogP contribution is -2.10. The van der Waals surface area contributed by atoms with Crippen LogP contribution in [0, 0.1) is 12.3 Å². The topological polar surface area (TPSA) is 29.5 Å². The lowest BCUT2D eigenvalue weighted by Gasteiger charge is -2.21. The molecule has 0 saturated heterocycles. The highest BCUT2D eigenvalue weighted by molar-refractivity contribution is 5.47. The van der Waals surface area contributed by atoms with Gasteiger partial charge in [-0.05, 0) is 36.5 Å². The Balaban J connectivity index is 3.15. The van der Waals surface area contributed by atoms with Crippen molar-refractivity contribution in [2.24, 2.45) is 5.41 Å². The highest BCUT2D eigenvalue weighted by atomic mass is 16.5. The third-order valence-corrected chi connectivity index (χ3v) is 2.26. The van der Waals surface area contributed by atoms with E-state index in [1.165, 1.54) is 0 Å². The predicted octanol–water partition coefficient (Wildman–Crippen LogP) is 3.30. The number of ether oxygens (including phenoxy) is 1. The van der Waals surface area contributed by atoms with E-state index in [0.717, 1.165) is 23.3 Å². The average Bonchev–Trinajstić information content (AvgIpc) is 2.07. The molecule has 0 aliphatic rings. The van der Waals surface area contributed by atoms with Gasteiger partial charge in [0, 0.05) is 5.56 Å². The molecule has 0 unspecified atom stereocenters. The molecule has 1 aromatic carbocycles. The molecular weight excluding hydrogens is 188 g/mol. The maximum absolute atomic E-state index is 9.89. The lowest BCUT2D eigenvalue weighted by atomic mass is 9.87. The molecule has 0 aliphatic heterocycles. The molecule has 0 aliphatic carbocycles. The number of methoxy groups -OCH3 is 1. The van der Waals surface area contributed by atoms with Gasteiger partial charge in [-0.25, -0.2) is 0 Å². The van der Waals surface area contributed by atoms with Crippen LogP contribution in [0.5, 0.6) is 11.5 Å². The third-order valence-electron chi connectivity index (χ3n) is 2.26. The summed E-state index contributed by atoms with van der Waals surface area (Å²) in [6, 6.07) is 3.74. The zero-order valence-electron chi connectivity index (χ0n) is 10.2. The van der Waals surface area contributed by atoms with Gasteiger partial charge in [0.25, 0.3) is 0 Å². The minimum atomic E-state index is 0.139. The van der Waals surface area contributed by atoms with Gasteiger partial charge in [0.1, 0.15) is 11.5 Å². The summed E-state index contributed by atoms with van der Waals surface area (Å²) in [5.74, 6) is 1.12. The van der Waals surface area contributed by atoms with Gasteiger partial charge < -0.3 is 9.84 Å². The van der Waals surface area contributed by atoms with E-state index in [2.05, 4.69) is 20.8 Å². The predicted molar refractivity (Wildman–Crippen MR) is 62.6 cm³/mol. The molecule has 2 nitrogen and oxygen atoms in total. The van der Waals surface area contributed by atoms with Crippen LogP contribution in [0.4, 0.5) is 0 Å². The molecule has 0 atom stereocenters. The summed E-state index contributed by atoms with van der Waals surface area (Å²) in [7, 11) is 1.64. The van der Waals surface area contributed by atoms with Crippen LogP contribution < -0.4 is 4.74 Å². The number of hydrogen-bond acceptors (Lipinski definition) is 2. The summed E-state index contributed by atoms with van der Waals surface area (Å²) in [5.41, 5.74) is 2.05. The standard InChI is InChI=1S/C13H20O2/c1-9-6-11(14)10(8-13(2,3)4)12(7-9)15-5/h6-7,14H,8H2,1-5H3. The quantitative estimate of drug-likeness (QED) is 0.808. The first kappa shape index (κ1) is 11.9. The van der Waals surface area contributed by atoms with Crippen LogP contribution in [-0.4, -0.2) is 12.2 Å². The molecule has 15 heavy (non-hydrogen) atoms. The van der Waals surface area contributed by atoms with Crippen LogP contribution >= 0.6 is 0 Å². The molecule has 0 aromatic heterocycles. The molecular formula is C13H20O2. The van der Waals surface area contributed by atoms with E-state index in [0.29, 0.717) is 5.75 Å². The molecule has 2 heteroatoms. The molecule has 0 spiro atoms. The van der Waals surface area contributed by atoms with Gasteiger partial charge in [0.15, 0.2) is 0 Å². The van der Waals surface area contributed by atoms with E-state index in [4.69, 9.17) is 4.74 Å². The number of phenolic OH excluding ortho intramolecular Hbond substituents is 1. The van der Waals surface area contributed by atoms with Crippen LogP contribution in [0.3, 0.4) is 0 Å². The summed E-state index contributed by atoms with van der Waals surface area (Å²) in [6.45, 7) is 8.38. The van der Waals surface area contributed by atoms with Gasteiger partial charge in [-0.2, -0.15) is 0 Å². The van der Waals surface area contributed by atoms with Crippen LogP contribution in [0.1, 0.15) is 31.9 Å². The number of aromatic hydroxyl groups is 1. The van der Waals surface area contributed by atoms with Gasteiger partial charge >= 0.3 is 0 Å². The largest absolute Gasteiger partial charge is 0.508 e. The van der Waals surface area contributed by atoms with E-state index >= 15 is 0 Å². The van der Waals surface area contributed by atoms with Crippen molar-refractivity contribution in [3.05, 3.63) is 23.3 Å². The zero-order chi connectivity index (χ0) is 11.6. The molecule has 0 saturated carbocycles. The summed E-state index contributed by atoms with van der Waals surface area (Å²) in [6.07, 6.45) is 0.808. The minimum Gasteiger partial charge on any atom is -0.508 e. The Morgan fingerprint density at radius 1 is 1.27 bits per heavy atom. The normalized spacial score (nSPS) is 11.5. The van der Waals surface area contributed by atoms with Gasteiger partial charge in [-0.3, -0.25) is 0 Å². The van der Waals surface area contributed by atoms with Crippen molar-refractivity contribution in [1.29, 1.82) is 0 Å². The van der Waals surface area contributed by atoms with Crippen molar-refractivity contribution >= 4 is 0 Å². The fourth-order valence-electron chi connectivity index (χ4n) is 1.65. The average molecular weight is 208 g/mol. The molecule has 84 valence electrons. The fraction of sp³-hybridized carbons (Fsp3) is 0.538. The number of hydrogen-bond donors (Lipinski definition) is 1. The smallest absolute Gasteiger partial charge is 0.126 e. The molecule has 0 amide bonds. The summed E-state index contributed by atoms with van der Waals surface area (Å²) in [4.78, 5) is 0. The van der Waals surface area contributed by atoms with E-state index in [-0.39, 0.29) is 5.41 Å². The Hall–Kier alpha value is -1.18. The Morgan fingerprint density at radius 3 is 2.33 bits per heavy atom. The van der Waals surface area contributed by atoms with Crippen LogP contribution in [0.15, 0.2) is 12.1 Å². The van der Waals surface area contributed by atoms with Gasteiger partial charge in [-0.1, -0.05) is 20.8 Å².